The van der Waals surface area contributed by atoms with Gasteiger partial charge in [-0.1, -0.05) is 62.7 Å². The molecule has 5 nitrogen and oxygen atoms in total. The Morgan fingerprint density at radius 2 is 1.73 bits per heavy atom. The van der Waals surface area contributed by atoms with Gasteiger partial charge in [0.1, 0.15) is 16.3 Å². The molecule has 3 rings (SSSR count). The highest BCUT2D eigenvalue weighted by atomic mass is 35.5. The van der Waals surface area contributed by atoms with Crippen molar-refractivity contribution in [2.45, 2.75) is 40.0 Å². The van der Waals surface area contributed by atoms with Crippen molar-refractivity contribution in [3.05, 3.63) is 69.6 Å². The van der Waals surface area contributed by atoms with Gasteiger partial charge in [0.2, 0.25) is 0 Å². The predicted octanol–water partition coefficient (Wildman–Crippen LogP) is 6.87. The van der Waals surface area contributed by atoms with Crippen molar-refractivity contribution >= 4 is 39.8 Å². The van der Waals surface area contributed by atoms with Gasteiger partial charge in [0.05, 0.1) is 6.61 Å². The number of rotatable bonds is 7. The molecule has 0 aliphatic carbocycles. The maximum Gasteiger partial charge on any atom is 0.341 e. The van der Waals surface area contributed by atoms with Gasteiger partial charge >= 0.3 is 5.97 Å². The first-order valence-corrected chi connectivity index (χ1v) is 11.9. The normalized spacial score (nSPS) is 11.2. The SMILES string of the molecule is CCOC(=O)c1c(NC(=O)COc2ccccc2C(C)(C)C)sc(C)c1-c1ccc(Cl)cc1. The van der Waals surface area contributed by atoms with E-state index < -0.39 is 5.97 Å². The molecule has 1 heterocycles. The smallest absolute Gasteiger partial charge is 0.341 e. The molecule has 0 saturated heterocycles. The monoisotopic (exact) mass is 485 g/mol. The molecular weight excluding hydrogens is 458 g/mol. The van der Waals surface area contributed by atoms with E-state index in [1.807, 2.05) is 43.3 Å². The van der Waals surface area contributed by atoms with Crippen LogP contribution in [0.3, 0.4) is 0 Å². The fourth-order valence-electron chi connectivity index (χ4n) is 3.51. The number of hydrogen-bond donors (Lipinski definition) is 1. The number of halogens is 1. The quantitative estimate of drug-likeness (QED) is 0.371. The minimum absolute atomic E-state index is 0.123. The molecule has 0 atom stereocenters. The first kappa shape index (κ1) is 24.8. The van der Waals surface area contributed by atoms with Crippen LogP contribution < -0.4 is 10.1 Å². The maximum atomic E-state index is 12.8. The average Bonchev–Trinajstić information content (AvgIpc) is 3.08. The Balaban J connectivity index is 1.86. The molecule has 0 fully saturated rings. The second kappa shape index (κ2) is 10.4. The number of anilines is 1. The Labute approximate surface area is 203 Å². The van der Waals surface area contributed by atoms with Gasteiger partial charge in [0, 0.05) is 15.5 Å². The Bertz CT molecular complexity index is 1150. The molecule has 7 heteroatoms. The lowest BCUT2D eigenvalue weighted by molar-refractivity contribution is -0.118. The summed E-state index contributed by atoms with van der Waals surface area (Å²) in [4.78, 5) is 26.5. The number of carbonyl (C=O) groups excluding carboxylic acids is 2. The molecule has 0 radical (unpaired) electrons. The minimum Gasteiger partial charge on any atom is -0.483 e. The zero-order chi connectivity index (χ0) is 24.2. The molecule has 0 unspecified atom stereocenters. The number of para-hydroxylation sites is 1. The highest BCUT2D eigenvalue weighted by molar-refractivity contribution is 7.17. The van der Waals surface area contributed by atoms with E-state index in [0.717, 1.165) is 21.6 Å². The number of esters is 1. The topological polar surface area (TPSA) is 64.6 Å². The van der Waals surface area contributed by atoms with Crippen LogP contribution in [0.15, 0.2) is 48.5 Å². The molecule has 2 aromatic carbocycles. The molecule has 33 heavy (non-hydrogen) atoms. The Hall–Kier alpha value is -2.83. The number of nitrogens with one attached hydrogen (secondary N) is 1. The summed E-state index contributed by atoms with van der Waals surface area (Å²) >= 11 is 7.36. The third kappa shape index (κ3) is 5.95. The van der Waals surface area contributed by atoms with Crippen molar-refractivity contribution in [2.24, 2.45) is 0 Å². The average molecular weight is 486 g/mol. The first-order chi connectivity index (χ1) is 15.6. The van der Waals surface area contributed by atoms with Gasteiger partial charge in [0.25, 0.3) is 5.91 Å². The number of hydrogen-bond acceptors (Lipinski definition) is 5. The Kier molecular flexibility index (Phi) is 7.82. The van der Waals surface area contributed by atoms with Crippen LogP contribution in [0.25, 0.3) is 11.1 Å². The molecule has 0 spiro atoms. The number of ether oxygens (including phenoxy) is 2. The van der Waals surface area contributed by atoms with E-state index in [9.17, 15) is 9.59 Å². The molecule has 0 saturated carbocycles. The standard InChI is InChI=1S/C26H28ClNO4S/c1-6-31-25(30)23-22(17-11-13-18(27)14-12-17)16(2)33-24(23)28-21(29)15-32-20-10-8-7-9-19(20)26(3,4)5/h7-14H,6,15H2,1-5H3,(H,28,29). The van der Waals surface area contributed by atoms with Crippen LogP contribution in [0.4, 0.5) is 5.00 Å². The summed E-state index contributed by atoms with van der Waals surface area (Å²) in [6, 6.07) is 14.9. The van der Waals surface area contributed by atoms with Crippen molar-refractivity contribution in [1.29, 1.82) is 0 Å². The van der Waals surface area contributed by atoms with E-state index in [1.54, 1.807) is 19.1 Å². The molecular formula is C26H28ClNO4S. The number of amides is 1. The van der Waals surface area contributed by atoms with Crippen molar-refractivity contribution in [2.75, 3.05) is 18.5 Å². The van der Waals surface area contributed by atoms with Gasteiger partial charge in [-0.3, -0.25) is 4.79 Å². The van der Waals surface area contributed by atoms with Crippen molar-refractivity contribution in [1.82, 2.24) is 0 Å². The molecule has 1 amide bonds. The van der Waals surface area contributed by atoms with Crippen molar-refractivity contribution in [3.63, 3.8) is 0 Å². The van der Waals surface area contributed by atoms with Crippen LogP contribution in [0.2, 0.25) is 5.02 Å². The van der Waals surface area contributed by atoms with Gasteiger partial charge in [-0.05, 0) is 48.6 Å². The molecule has 3 aromatic rings. The highest BCUT2D eigenvalue weighted by Crippen LogP contribution is 2.40. The summed E-state index contributed by atoms with van der Waals surface area (Å²) in [6.07, 6.45) is 0. The van der Waals surface area contributed by atoms with Crippen LogP contribution in [-0.4, -0.2) is 25.1 Å². The lowest BCUT2D eigenvalue weighted by atomic mass is 9.86. The fraction of sp³-hybridized carbons (Fsp3) is 0.308. The van der Waals surface area contributed by atoms with E-state index in [4.69, 9.17) is 21.1 Å². The Morgan fingerprint density at radius 1 is 1.06 bits per heavy atom. The van der Waals surface area contributed by atoms with E-state index in [-0.39, 0.29) is 24.5 Å². The van der Waals surface area contributed by atoms with Crippen LogP contribution in [0, 0.1) is 6.92 Å². The van der Waals surface area contributed by atoms with Crippen molar-refractivity contribution in [3.8, 4) is 16.9 Å². The van der Waals surface area contributed by atoms with E-state index in [2.05, 4.69) is 26.1 Å². The summed E-state index contributed by atoms with van der Waals surface area (Å²) in [6.45, 7) is 9.98. The van der Waals surface area contributed by atoms with Gasteiger partial charge in [0.15, 0.2) is 6.61 Å². The number of aryl methyl sites for hydroxylation is 1. The van der Waals surface area contributed by atoms with Gasteiger partial charge < -0.3 is 14.8 Å². The maximum absolute atomic E-state index is 12.8. The summed E-state index contributed by atoms with van der Waals surface area (Å²) in [7, 11) is 0. The van der Waals surface area contributed by atoms with Crippen molar-refractivity contribution < 1.29 is 19.1 Å². The molecule has 0 aliphatic heterocycles. The molecule has 1 aromatic heterocycles. The van der Waals surface area contributed by atoms with Gasteiger partial charge in [-0.25, -0.2) is 4.79 Å². The summed E-state index contributed by atoms with van der Waals surface area (Å²) in [5.74, 6) is -0.177. The number of carbonyl (C=O) groups is 2. The predicted molar refractivity (Wildman–Crippen MR) is 135 cm³/mol. The molecule has 0 bridgehead atoms. The van der Waals surface area contributed by atoms with E-state index >= 15 is 0 Å². The largest absolute Gasteiger partial charge is 0.483 e. The summed E-state index contributed by atoms with van der Waals surface area (Å²) in [5.41, 5.74) is 2.78. The van der Waals surface area contributed by atoms with Crippen LogP contribution in [-0.2, 0) is 14.9 Å². The lowest BCUT2D eigenvalue weighted by Crippen LogP contribution is -2.22. The first-order valence-electron chi connectivity index (χ1n) is 10.7. The lowest BCUT2D eigenvalue weighted by Gasteiger charge is -2.22. The van der Waals surface area contributed by atoms with Crippen LogP contribution in [0.1, 0.15) is 48.5 Å². The highest BCUT2D eigenvalue weighted by Gasteiger charge is 2.26. The van der Waals surface area contributed by atoms with Gasteiger partial charge in [-0.2, -0.15) is 0 Å². The molecule has 174 valence electrons. The zero-order valence-electron chi connectivity index (χ0n) is 19.5. The third-order valence-corrected chi connectivity index (χ3v) is 6.28. The van der Waals surface area contributed by atoms with E-state index in [1.165, 1.54) is 11.3 Å². The van der Waals surface area contributed by atoms with E-state index in [0.29, 0.717) is 21.3 Å². The number of benzene rings is 2. The minimum atomic E-state index is -0.485. The molecule has 0 aliphatic rings. The second-order valence-electron chi connectivity index (χ2n) is 8.55. The Morgan fingerprint density at radius 3 is 2.36 bits per heavy atom. The fourth-order valence-corrected chi connectivity index (χ4v) is 4.72. The molecule has 1 N–H and O–H groups in total. The van der Waals surface area contributed by atoms with Crippen LogP contribution in [0.5, 0.6) is 5.75 Å². The summed E-state index contributed by atoms with van der Waals surface area (Å²) in [5, 5.41) is 3.89. The number of thiophene rings is 1. The van der Waals surface area contributed by atoms with Crippen LogP contribution >= 0.6 is 22.9 Å². The zero-order valence-corrected chi connectivity index (χ0v) is 21.0. The summed E-state index contributed by atoms with van der Waals surface area (Å²) < 4.78 is 11.1. The second-order valence-corrected chi connectivity index (χ2v) is 10.2. The van der Waals surface area contributed by atoms with Gasteiger partial charge in [-0.15, -0.1) is 11.3 Å². The third-order valence-electron chi connectivity index (χ3n) is 5.00.